The Balaban J connectivity index is 3.52. The van der Waals surface area contributed by atoms with Crippen LogP contribution in [0.1, 0.15) is 13.3 Å². The zero-order valence-corrected chi connectivity index (χ0v) is 7.79. The molecule has 0 saturated heterocycles. The summed E-state index contributed by atoms with van der Waals surface area (Å²) in [5, 5.41) is 2.77. The van der Waals surface area contributed by atoms with E-state index in [1.807, 2.05) is 6.92 Å². The predicted octanol–water partition coefficient (Wildman–Crippen LogP) is 0.741. The van der Waals surface area contributed by atoms with E-state index in [2.05, 4.69) is 30.6 Å². The number of carbonyl (C=O) groups is 1. The van der Waals surface area contributed by atoms with E-state index in [1.165, 1.54) is 0 Å². The second-order valence-electron chi connectivity index (χ2n) is 2.01. The van der Waals surface area contributed by atoms with Gasteiger partial charge in [0, 0.05) is 11.8 Å². The number of carbonyl (C=O) groups excluding carboxylic acids is 1. The molecule has 0 aromatic heterocycles. The Bertz CT molecular complexity index is 104. The van der Waals surface area contributed by atoms with E-state index < -0.39 is 0 Å². The maximum Gasteiger partial charge on any atom is 0.229 e. The van der Waals surface area contributed by atoms with Gasteiger partial charge in [0.2, 0.25) is 5.91 Å². The van der Waals surface area contributed by atoms with Crippen molar-refractivity contribution in [3.8, 4) is 0 Å². The largest absolute Gasteiger partial charge is 0.352 e. The molecule has 0 rings (SSSR count). The van der Waals surface area contributed by atoms with Gasteiger partial charge in [-0.2, -0.15) is 25.3 Å². The third-order valence-corrected chi connectivity index (χ3v) is 1.95. The lowest BCUT2D eigenvalue weighted by Crippen LogP contribution is -2.36. The molecule has 4 heteroatoms. The molecule has 2 nitrogen and oxygen atoms in total. The minimum absolute atomic E-state index is 0.0239. The van der Waals surface area contributed by atoms with Crippen molar-refractivity contribution in [3.63, 3.8) is 0 Å². The Morgan fingerprint density at radius 3 is 2.50 bits per heavy atom. The summed E-state index contributed by atoms with van der Waals surface area (Å²) in [5.74, 6) is 0.921. The molecular weight excluding hydrogens is 166 g/mol. The highest BCUT2D eigenvalue weighted by Gasteiger charge is 2.05. The van der Waals surface area contributed by atoms with Gasteiger partial charge in [0.05, 0.1) is 5.75 Å². The van der Waals surface area contributed by atoms with Crippen LogP contribution in [-0.2, 0) is 4.79 Å². The third kappa shape index (κ3) is 4.06. The van der Waals surface area contributed by atoms with Crippen LogP contribution in [0.25, 0.3) is 0 Å². The van der Waals surface area contributed by atoms with Crippen LogP contribution in [-0.4, -0.2) is 23.5 Å². The molecule has 0 radical (unpaired) electrons. The topological polar surface area (TPSA) is 29.1 Å². The molecule has 0 aliphatic heterocycles. The van der Waals surface area contributed by atoms with Gasteiger partial charge in [-0.15, -0.1) is 0 Å². The third-order valence-electron chi connectivity index (χ3n) is 1.22. The summed E-state index contributed by atoms with van der Waals surface area (Å²) in [5.41, 5.74) is 0. The fourth-order valence-electron chi connectivity index (χ4n) is 0.550. The van der Waals surface area contributed by atoms with E-state index in [1.54, 1.807) is 0 Å². The highest BCUT2D eigenvalue weighted by Crippen LogP contribution is 1.93. The van der Waals surface area contributed by atoms with Crippen LogP contribution in [0.5, 0.6) is 0 Å². The van der Waals surface area contributed by atoms with Gasteiger partial charge in [-0.05, 0) is 6.42 Å². The molecule has 0 aliphatic carbocycles. The summed E-state index contributed by atoms with van der Waals surface area (Å²) in [6.45, 7) is 2.01. The maximum absolute atomic E-state index is 10.7. The van der Waals surface area contributed by atoms with Crippen molar-refractivity contribution >= 4 is 31.2 Å². The maximum atomic E-state index is 10.7. The Hall–Kier alpha value is 0.170. The molecule has 0 saturated carbocycles. The highest BCUT2D eigenvalue weighted by atomic mass is 32.1. The standard InChI is InChI=1S/C6H13NOS2/c1-2-5(3-9)7-6(8)4-10/h5,9-10H,2-4H2,1H3,(H,7,8). The van der Waals surface area contributed by atoms with Crippen LogP contribution in [0.4, 0.5) is 0 Å². The number of rotatable bonds is 4. The van der Waals surface area contributed by atoms with E-state index in [9.17, 15) is 4.79 Å². The van der Waals surface area contributed by atoms with Crippen LogP contribution in [0.15, 0.2) is 0 Å². The molecule has 1 N–H and O–H groups in total. The molecule has 1 atom stereocenters. The van der Waals surface area contributed by atoms with Crippen molar-refractivity contribution in [1.29, 1.82) is 0 Å². The molecular formula is C6H13NOS2. The van der Waals surface area contributed by atoms with Gasteiger partial charge in [-0.3, -0.25) is 4.79 Å². The summed E-state index contributed by atoms with van der Waals surface area (Å²) in [6, 6.07) is 0.197. The number of hydrogen-bond acceptors (Lipinski definition) is 3. The Labute approximate surface area is 72.6 Å². The van der Waals surface area contributed by atoms with Gasteiger partial charge in [-0.25, -0.2) is 0 Å². The van der Waals surface area contributed by atoms with Crippen LogP contribution in [0.2, 0.25) is 0 Å². The minimum Gasteiger partial charge on any atom is -0.352 e. The zero-order chi connectivity index (χ0) is 7.98. The summed E-state index contributed by atoms with van der Waals surface area (Å²) in [6.07, 6.45) is 0.920. The predicted molar refractivity (Wildman–Crippen MR) is 49.9 cm³/mol. The molecule has 0 aliphatic rings. The van der Waals surface area contributed by atoms with E-state index >= 15 is 0 Å². The second kappa shape index (κ2) is 5.92. The van der Waals surface area contributed by atoms with E-state index in [-0.39, 0.29) is 17.7 Å². The minimum atomic E-state index is -0.0239. The molecule has 0 aromatic rings. The molecule has 1 unspecified atom stereocenters. The zero-order valence-electron chi connectivity index (χ0n) is 6.00. The van der Waals surface area contributed by atoms with Crippen molar-refractivity contribution in [1.82, 2.24) is 5.32 Å². The fourth-order valence-corrected chi connectivity index (χ4v) is 0.991. The van der Waals surface area contributed by atoms with Crippen LogP contribution < -0.4 is 5.32 Å². The molecule has 0 bridgehead atoms. The van der Waals surface area contributed by atoms with Gasteiger partial charge in [0.25, 0.3) is 0 Å². The molecule has 1 amide bonds. The van der Waals surface area contributed by atoms with Gasteiger partial charge < -0.3 is 5.32 Å². The number of hydrogen-bond donors (Lipinski definition) is 3. The van der Waals surface area contributed by atoms with E-state index in [0.29, 0.717) is 5.75 Å². The van der Waals surface area contributed by atoms with Crippen LogP contribution in [0.3, 0.4) is 0 Å². The molecule has 0 fully saturated rings. The monoisotopic (exact) mass is 179 g/mol. The van der Waals surface area contributed by atoms with Crippen molar-refractivity contribution in [3.05, 3.63) is 0 Å². The van der Waals surface area contributed by atoms with Crippen molar-refractivity contribution in [2.75, 3.05) is 11.5 Å². The first-order valence-corrected chi connectivity index (χ1v) is 4.52. The first-order chi connectivity index (χ1) is 4.74. The SMILES string of the molecule is CCC(CS)NC(=O)CS. The molecule has 0 heterocycles. The Morgan fingerprint density at radius 2 is 2.20 bits per heavy atom. The Morgan fingerprint density at radius 1 is 1.60 bits per heavy atom. The quantitative estimate of drug-likeness (QED) is 0.546. The molecule has 0 spiro atoms. The summed E-state index contributed by atoms with van der Waals surface area (Å²) >= 11 is 7.90. The van der Waals surface area contributed by atoms with E-state index in [0.717, 1.165) is 6.42 Å². The number of thiol groups is 2. The van der Waals surface area contributed by atoms with Crippen molar-refractivity contribution < 1.29 is 4.79 Å². The highest BCUT2D eigenvalue weighted by molar-refractivity contribution is 7.81. The van der Waals surface area contributed by atoms with Crippen LogP contribution in [0, 0.1) is 0 Å². The number of amides is 1. The normalized spacial score (nSPS) is 12.7. The van der Waals surface area contributed by atoms with E-state index in [4.69, 9.17) is 0 Å². The van der Waals surface area contributed by atoms with Gasteiger partial charge >= 0.3 is 0 Å². The lowest BCUT2D eigenvalue weighted by molar-refractivity contribution is -0.119. The average Bonchev–Trinajstić information content (AvgIpc) is 1.99. The number of nitrogens with one attached hydrogen (secondary N) is 1. The van der Waals surface area contributed by atoms with Gasteiger partial charge in [0.1, 0.15) is 0 Å². The van der Waals surface area contributed by atoms with Crippen molar-refractivity contribution in [2.24, 2.45) is 0 Å². The summed E-state index contributed by atoms with van der Waals surface area (Å²) in [4.78, 5) is 10.7. The fraction of sp³-hybridized carbons (Fsp3) is 0.833. The average molecular weight is 179 g/mol. The lowest BCUT2D eigenvalue weighted by atomic mass is 10.2. The lowest BCUT2D eigenvalue weighted by Gasteiger charge is -2.12. The Kier molecular flexibility index (Phi) is 6.02. The van der Waals surface area contributed by atoms with Gasteiger partial charge in [0.15, 0.2) is 0 Å². The smallest absolute Gasteiger partial charge is 0.229 e. The first kappa shape index (κ1) is 10.2. The molecule has 10 heavy (non-hydrogen) atoms. The molecule has 60 valence electrons. The van der Waals surface area contributed by atoms with Crippen LogP contribution >= 0.6 is 25.3 Å². The first-order valence-electron chi connectivity index (χ1n) is 3.25. The summed E-state index contributed by atoms with van der Waals surface area (Å²) in [7, 11) is 0. The van der Waals surface area contributed by atoms with Crippen molar-refractivity contribution in [2.45, 2.75) is 19.4 Å². The molecule has 0 aromatic carbocycles. The second-order valence-corrected chi connectivity index (χ2v) is 2.69. The van der Waals surface area contributed by atoms with Gasteiger partial charge in [-0.1, -0.05) is 6.92 Å². The summed E-state index contributed by atoms with van der Waals surface area (Å²) < 4.78 is 0.